The maximum Gasteiger partial charge on any atom is 0.108 e. The Hall–Kier alpha value is -0.170. The molecule has 1 heterocycles. The van der Waals surface area contributed by atoms with Crippen LogP contribution in [0.2, 0.25) is 0 Å². The first-order valence-corrected chi connectivity index (χ1v) is 4.27. The Morgan fingerprint density at radius 1 is 1.50 bits per heavy atom. The van der Waals surface area contributed by atoms with Crippen molar-refractivity contribution >= 4 is 0 Å². The first kappa shape index (κ1) is 7.93. The second-order valence-electron chi connectivity index (χ2n) is 3.59. The van der Waals surface area contributed by atoms with Crippen LogP contribution < -0.4 is 0 Å². The van der Waals surface area contributed by atoms with Gasteiger partial charge < -0.3 is 0 Å². The van der Waals surface area contributed by atoms with Crippen LogP contribution in [-0.4, -0.2) is 24.0 Å². The predicted octanol–water partition coefficient (Wildman–Crippen LogP) is 1.94. The average Bonchev–Trinajstić information content (AvgIpc) is 1.88. The van der Waals surface area contributed by atoms with Gasteiger partial charge in [0, 0.05) is 19.1 Å². The van der Waals surface area contributed by atoms with Gasteiger partial charge in [0.2, 0.25) is 0 Å². The Bertz CT molecular complexity index is 98.9. The molecule has 1 saturated heterocycles. The van der Waals surface area contributed by atoms with Crippen LogP contribution in [0, 0.1) is 12.3 Å². The molecule has 1 heteroatoms. The van der Waals surface area contributed by atoms with E-state index in [9.17, 15) is 0 Å². The zero-order valence-electron chi connectivity index (χ0n) is 7.30. The number of rotatable bonds is 1. The molecule has 0 bridgehead atoms. The lowest BCUT2D eigenvalue weighted by Crippen LogP contribution is -2.39. The highest BCUT2D eigenvalue weighted by Crippen LogP contribution is 2.15. The molecule has 10 heavy (non-hydrogen) atoms. The highest BCUT2D eigenvalue weighted by molar-refractivity contribution is 4.83. The lowest BCUT2D eigenvalue weighted by Gasteiger charge is -2.29. The maximum absolute atomic E-state index is 2.55. The molecule has 0 radical (unpaired) electrons. The Morgan fingerprint density at radius 3 is 2.60 bits per heavy atom. The van der Waals surface area contributed by atoms with E-state index in [4.69, 9.17) is 0 Å². The van der Waals surface area contributed by atoms with Crippen LogP contribution >= 0.6 is 0 Å². The molecule has 1 unspecified atom stereocenters. The van der Waals surface area contributed by atoms with Gasteiger partial charge in [-0.3, -0.25) is 4.90 Å². The second kappa shape index (κ2) is 3.29. The van der Waals surface area contributed by atoms with Gasteiger partial charge in [-0.1, -0.05) is 0 Å². The van der Waals surface area contributed by atoms with Crippen LogP contribution in [0.1, 0.15) is 27.2 Å². The number of hydrogen-bond acceptors (Lipinski definition) is 1. The summed E-state index contributed by atoms with van der Waals surface area (Å²) in [6, 6.07) is 0.733. The van der Waals surface area contributed by atoms with Crippen LogP contribution in [0.15, 0.2) is 0 Å². The van der Waals surface area contributed by atoms with Crippen LogP contribution in [-0.2, 0) is 0 Å². The van der Waals surface area contributed by atoms with Gasteiger partial charge >= 0.3 is 0 Å². The Labute approximate surface area is 64.4 Å². The molecule has 58 valence electrons. The van der Waals surface area contributed by atoms with Crippen LogP contribution in [0.25, 0.3) is 0 Å². The molecule has 1 rings (SSSR count). The molecule has 1 atom stereocenters. The van der Waals surface area contributed by atoms with E-state index in [1.165, 1.54) is 19.5 Å². The van der Waals surface area contributed by atoms with Crippen molar-refractivity contribution < 1.29 is 0 Å². The van der Waals surface area contributed by atoms with Gasteiger partial charge in [0.15, 0.2) is 0 Å². The van der Waals surface area contributed by atoms with Crippen molar-refractivity contribution in [3.05, 3.63) is 6.42 Å². The fourth-order valence-corrected chi connectivity index (χ4v) is 1.53. The molecule has 0 saturated carbocycles. The van der Waals surface area contributed by atoms with Crippen molar-refractivity contribution in [2.75, 3.05) is 13.1 Å². The Balaban J connectivity index is 2.32. The Morgan fingerprint density at radius 2 is 2.20 bits per heavy atom. The molecular weight excluding hydrogens is 122 g/mol. The number of hydrogen-bond donors (Lipinski definition) is 0. The van der Waals surface area contributed by atoms with E-state index in [1.54, 1.807) is 0 Å². The van der Waals surface area contributed by atoms with Gasteiger partial charge in [-0.2, -0.15) is 0 Å². The molecule has 1 aliphatic heterocycles. The third kappa shape index (κ3) is 1.91. The fraction of sp³-hybridized carbons (Fsp3) is 0.889. The van der Waals surface area contributed by atoms with Crippen LogP contribution in [0.4, 0.5) is 0 Å². The van der Waals surface area contributed by atoms with Gasteiger partial charge in [0.05, 0.1) is 6.42 Å². The zero-order valence-corrected chi connectivity index (χ0v) is 7.30. The molecule has 0 spiro atoms. The van der Waals surface area contributed by atoms with Crippen molar-refractivity contribution in [2.24, 2.45) is 5.92 Å². The number of nitrogens with zero attached hydrogens (tertiary/aromatic N) is 1. The zero-order chi connectivity index (χ0) is 7.56. The molecular formula is C9H18N+. The quantitative estimate of drug-likeness (QED) is 0.503. The third-order valence-electron chi connectivity index (χ3n) is 2.24. The molecule has 1 fully saturated rings. The molecule has 0 amide bonds. The summed E-state index contributed by atoms with van der Waals surface area (Å²) in [6.07, 6.45) is 3.71. The van der Waals surface area contributed by atoms with E-state index < -0.39 is 0 Å². The minimum absolute atomic E-state index is 0.733. The van der Waals surface area contributed by atoms with Crippen LogP contribution in [0.3, 0.4) is 0 Å². The molecule has 0 aliphatic carbocycles. The molecule has 0 aromatic heterocycles. The van der Waals surface area contributed by atoms with E-state index >= 15 is 0 Å². The highest BCUT2D eigenvalue weighted by Gasteiger charge is 2.24. The van der Waals surface area contributed by atoms with E-state index in [0.29, 0.717) is 0 Å². The second-order valence-corrected chi connectivity index (χ2v) is 3.59. The first-order chi connectivity index (χ1) is 4.70. The molecule has 0 N–H and O–H groups in total. The molecule has 1 nitrogen and oxygen atoms in total. The molecule has 0 aromatic carbocycles. The molecule has 1 aliphatic rings. The smallest absolute Gasteiger partial charge is 0.108 e. The largest absolute Gasteiger partial charge is 0.292 e. The highest BCUT2D eigenvalue weighted by atomic mass is 15.1. The summed E-state index contributed by atoms with van der Waals surface area (Å²) in [4.78, 5) is 2.55. The van der Waals surface area contributed by atoms with E-state index in [0.717, 1.165) is 12.0 Å². The summed E-state index contributed by atoms with van der Waals surface area (Å²) < 4.78 is 0. The van der Waals surface area contributed by atoms with Gasteiger partial charge in [-0.05, 0) is 20.8 Å². The van der Waals surface area contributed by atoms with Gasteiger partial charge in [0.25, 0.3) is 0 Å². The summed E-state index contributed by atoms with van der Waals surface area (Å²) in [5.74, 6) is 0.802. The van der Waals surface area contributed by atoms with Crippen molar-refractivity contribution in [1.82, 2.24) is 4.90 Å². The molecule has 0 aromatic rings. The average molecular weight is 140 g/mol. The van der Waals surface area contributed by atoms with Gasteiger partial charge in [-0.15, -0.1) is 0 Å². The van der Waals surface area contributed by atoms with Crippen molar-refractivity contribution in [2.45, 2.75) is 33.2 Å². The summed E-state index contributed by atoms with van der Waals surface area (Å²) in [5.41, 5.74) is 0. The summed E-state index contributed by atoms with van der Waals surface area (Å²) in [7, 11) is 0. The predicted molar refractivity (Wildman–Crippen MR) is 44.8 cm³/mol. The monoisotopic (exact) mass is 140 g/mol. The minimum atomic E-state index is 0.733. The minimum Gasteiger partial charge on any atom is -0.292 e. The number of likely N-dealkylation sites (tertiary alicyclic amines) is 1. The summed E-state index contributed by atoms with van der Waals surface area (Å²) >= 11 is 0. The van der Waals surface area contributed by atoms with Crippen molar-refractivity contribution in [3.8, 4) is 0 Å². The van der Waals surface area contributed by atoms with Gasteiger partial charge in [-0.25, -0.2) is 0 Å². The normalized spacial score (nSPS) is 28.6. The van der Waals surface area contributed by atoms with E-state index in [-0.39, 0.29) is 0 Å². The van der Waals surface area contributed by atoms with Crippen LogP contribution in [0.5, 0.6) is 0 Å². The first-order valence-electron chi connectivity index (χ1n) is 4.27. The summed E-state index contributed by atoms with van der Waals surface area (Å²) in [5, 5.41) is 0. The van der Waals surface area contributed by atoms with Crippen molar-refractivity contribution in [1.29, 1.82) is 0 Å². The third-order valence-corrected chi connectivity index (χ3v) is 2.24. The van der Waals surface area contributed by atoms with Crippen molar-refractivity contribution in [3.63, 3.8) is 0 Å². The van der Waals surface area contributed by atoms with Gasteiger partial charge in [0.1, 0.15) is 12.3 Å². The SMILES string of the molecule is CC1[CH+]CCN(C(C)C)C1. The lowest BCUT2D eigenvalue weighted by molar-refractivity contribution is 0.176. The Kier molecular flexibility index (Phi) is 2.61. The lowest BCUT2D eigenvalue weighted by atomic mass is 9.99. The summed E-state index contributed by atoms with van der Waals surface area (Å²) in [6.45, 7) is 9.38. The standard InChI is InChI=1S/C9H18N/c1-8(2)10-6-4-5-9(3)7-10/h5,8-9H,4,6-7H2,1-3H3/q+1. The van der Waals surface area contributed by atoms with E-state index in [2.05, 4.69) is 32.1 Å². The fourth-order valence-electron chi connectivity index (χ4n) is 1.53. The van der Waals surface area contributed by atoms with E-state index in [1.807, 2.05) is 0 Å². The maximum atomic E-state index is 2.55. The number of piperidine rings is 1. The topological polar surface area (TPSA) is 3.24 Å².